The minimum atomic E-state index is -0.281. The van der Waals surface area contributed by atoms with E-state index in [0.717, 1.165) is 39.4 Å². The van der Waals surface area contributed by atoms with Gasteiger partial charge in [-0.3, -0.25) is 14.8 Å². The molecular formula is C29H26FN3OS. The van der Waals surface area contributed by atoms with Crippen LogP contribution in [0, 0.1) is 11.7 Å². The summed E-state index contributed by atoms with van der Waals surface area (Å²) in [6.07, 6.45) is 14.4. The van der Waals surface area contributed by atoms with Gasteiger partial charge in [-0.25, -0.2) is 4.39 Å². The zero-order valence-electron chi connectivity index (χ0n) is 19.3. The Labute approximate surface area is 209 Å². The van der Waals surface area contributed by atoms with Crippen LogP contribution >= 0.6 is 11.8 Å². The van der Waals surface area contributed by atoms with E-state index in [1.807, 2.05) is 42.5 Å². The van der Waals surface area contributed by atoms with E-state index in [4.69, 9.17) is 4.99 Å². The Balaban J connectivity index is 1.37. The number of rotatable bonds is 4. The maximum absolute atomic E-state index is 14.1. The van der Waals surface area contributed by atoms with E-state index in [1.165, 1.54) is 17.0 Å². The maximum atomic E-state index is 14.1. The third-order valence-corrected chi connectivity index (χ3v) is 7.42. The molecule has 1 aliphatic carbocycles. The third-order valence-electron chi connectivity index (χ3n) is 6.20. The van der Waals surface area contributed by atoms with Crippen molar-refractivity contribution in [2.45, 2.75) is 30.6 Å². The van der Waals surface area contributed by atoms with E-state index in [-0.39, 0.29) is 17.6 Å². The van der Waals surface area contributed by atoms with Crippen molar-refractivity contribution in [2.75, 3.05) is 6.54 Å². The molecule has 4 nitrogen and oxygen atoms in total. The number of halogens is 1. The van der Waals surface area contributed by atoms with Crippen LogP contribution in [0.1, 0.15) is 36.8 Å². The summed E-state index contributed by atoms with van der Waals surface area (Å²) >= 11 is 1.72. The van der Waals surface area contributed by atoms with Gasteiger partial charge in [-0.15, -0.1) is 0 Å². The standard InChI is InChI=1S/C29H26FN3OS/c30-23-9-3-8-22(18-23)28-24-10-1-2-11-26(24)35-27-12-4-7-21(13-14-25(27)33-28)29(34)32-19-20-6-5-16-31-17-15-20/h1-5,7-11,15-18,21H,6,12-14,19H2,(H,32,34)/b7-4-. The van der Waals surface area contributed by atoms with Crippen molar-refractivity contribution in [3.63, 3.8) is 0 Å². The fraction of sp³-hybridized carbons (Fsp3) is 0.207. The smallest absolute Gasteiger partial charge is 0.227 e. The number of nitrogens with zero attached hydrogens (tertiary/aromatic N) is 2. The van der Waals surface area contributed by atoms with Crippen LogP contribution in [0.5, 0.6) is 0 Å². The summed E-state index contributed by atoms with van der Waals surface area (Å²) in [6, 6.07) is 14.7. The Bertz CT molecular complexity index is 1320. The number of hydrogen-bond acceptors (Lipinski definition) is 4. The number of amides is 1. The fourth-order valence-electron chi connectivity index (χ4n) is 4.35. The first-order valence-corrected chi connectivity index (χ1v) is 12.6. The number of carbonyl (C=O) groups excluding carboxylic acids is 1. The Morgan fingerprint density at radius 3 is 2.94 bits per heavy atom. The van der Waals surface area contributed by atoms with Crippen LogP contribution < -0.4 is 5.32 Å². The van der Waals surface area contributed by atoms with E-state index in [0.29, 0.717) is 25.8 Å². The van der Waals surface area contributed by atoms with Crippen molar-refractivity contribution < 1.29 is 9.18 Å². The summed E-state index contributed by atoms with van der Waals surface area (Å²) in [5.41, 5.74) is 4.63. The molecule has 2 aliphatic heterocycles. The van der Waals surface area contributed by atoms with E-state index < -0.39 is 0 Å². The van der Waals surface area contributed by atoms with Crippen molar-refractivity contribution in [1.29, 1.82) is 0 Å². The maximum Gasteiger partial charge on any atom is 0.227 e. The predicted molar refractivity (Wildman–Crippen MR) is 141 cm³/mol. The molecule has 0 bridgehead atoms. The molecule has 1 atom stereocenters. The van der Waals surface area contributed by atoms with Gasteiger partial charge in [-0.2, -0.15) is 0 Å². The topological polar surface area (TPSA) is 53.8 Å². The lowest BCUT2D eigenvalue weighted by Gasteiger charge is -2.18. The molecule has 0 saturated heterocycles. The molecule has 1 unspecified atom stereocenters. The lowest BCUT2D eigenvalue weighted by molar-refractivity contribution is -0.123. The van der Waals surface area contributed by atoms with Gasteiger partial charge in [0.25, 0.3) is 0 Å². The number of carbonyl (C=O) groups is 1. The lowest BCUT2D eigenvalue weighted by Crippen LogP contribution is -2.31. The number of fused-ring (bicyclic) bond motifs is 1. The first-order valence-electron chi connectivity index (χ1n) is 11.8. The van der Waals surface area contributed by atoms with Gasteiger partial charge in [-0.1, -0.05) is 60.3 Å². The van der Waals surface area contributed by atoms with Gasteiger partial charge in [0.15, 0.2) is 0 Å². The van der Waals surface area contributed by atoms with Gasteiger partial charge in [-0.05, 0) is 55.5 Å². The van der Waals surface area contributed by atoms with E-state index >= 15 is 0 Å². The molecule has 1 N–H and O–H groups in total. The summed E-state index contributed by atoms with van der Waals surface area (Å²) in [5.74, 6) is -0.477. The van der Waals surface area contributed by atoms with Crippen LogP contribution in [-0.2, 0) is 4.79 Å². The summed E-state index contributed by atoms with van der Waals surface area (Å²) in [7, 11) is 0. The molecule has 6 heteroatoms. The molecule has 0 spiro atoms. The molecule has 3 aliphatic rings. The second kappa shape index (κ2) is 10.8. The third kappa shape index (κ3) is 5.60. The van der Waals surface area contributed by atoms with Crippen LogP contribution in [0.3, 0.4) is 0 Å². The van der Waals surface area contributed by atoms with E-state index in [9.17, 15) is 9.18 Å². The van der Waals surface area contributed by atoms with Crippen LogP contribution in [0.15, 0.2) is 110 Å². The molecule has 5 rings (SSSR count). The number of allylic oxidation sites excluding steroid dienone is 5. The van der Waals surface area contributed by atoms with E-state index in [1.54, 1.807) is 30.2 Å². The van der Waals surface area contributed by atoms with Gasteiger partial charge < -0.3 is 5.32 Å². The first-order chi connectivity index (χ1) is 17.2. The quantitative estimate of drug-likeness (QED) is 0.514. The van der Waals surface area contributed by atoms with Crippen LogP contribution in [0.4, 0.5) is 4.39 Å². The largest absolute Gasteiger partial charge is 0.352 e. The SMILES string of the molecule is O=C(NCC1=CC=NC=CC1)C1/C=C\CC2=C(CC1)N=C(c1cccc(F)c1)c1ccccc1S2. The minimum Gasteiger partial charge on any atom is -0.352 e. The van der Waals surface area contributed by atoms with Crippen molar-refractivity contribution in [3.8, 4) is 0 Å². The van der Waals surface area contributed by atoms with Crippen molar-refractivity contribution >= 4 is 29.6 Å². The van der Waals surface area contributed by atoms with E-state index in [2.05, 4.69) is 22.5 Å². The summed E-state index contributed by atoms with van der Waals surface area (Å²) in [5, 5.41) is 3.08. The normalized spacial score (nSPS) is 20.3. The lowest BCUT2D eigenvalue weighted by atomic mass is 9.96. The fourth-order valence-corrected chi connectivity index (χ4v) is 5.48. The molecule has 0 aromatic heterocycles. The van der Waals surface area contributed by atoms with Crippen LogP contribution in [-0.4, -0.2) is 24.4 Å². The highest BCUT2D eigenvalue weighted by Gasteiger charge is 2.24. The second-order valence-corrected chi connectivity index (χ2v) is 9.78. The Kier molecular flexibility index (Phi) is 7.19. The average molecular weight is 484 g/mol. The van der Waals surface area contributed by atoms with Gasteiger partial charge in [0.2, 0.25) is 5.91 Å². The zero-order valence-corrected chi connectivity index (χ0v) is 20.1. The summed E-state index contributed by atoms with van der Waals surface area (Å²) in [4.78, 5) is 24.5. The molecule has 2 aromatic rings. The minimum absolute atomic E-state index is 0.0234. The Morgan fingerprint density at radius 1 is 1.11 bits per heavy atom. The zero-order chi connectivity index (χ0) is 24.0. The van der Waals surface area contributed by atoms with Gasteiger partial charge >= 0.3 is 0 Å². The Morgan fingerprint density at radius 2 is 2.03 bits per heavy atom. The highest BCUT2D eigenvalue weighted by Crippen LogP contribution is 2.41. The highest BCUT2D eigenvalue weighted by molar-refractivity contribution is 8.03. The molecule has 2 heterocycles. The molecule has 35 heavy (non-hydrogen) atoms. The van der Waals surface area contributed by atoms with Gasteiger partial charge in [0.1, 0.15) is 5.82 Å². The highest BCUT2D eigenvalue weighted by atomic mass is 32.2. The second-order valence-electron chi connectivity index (χ2n) is 8.65. The summed E-state index contributed by atoms with van der Waals surface area (Å²) in [6.45, 7) is 0.514. The Hall–Kier alpha value is -3.51. The number of benzene rings is 2. The molecule has 2 aromatic carbocycles. The van der Waals surface area contributed by atoms with Gasteiger partial charge in [0, 0.05) is 39.9 Å². The van der Waals surface area contributed by atoms with Gasteiger partial charge in [0.05, 0.1) is 17.3 Å². The molecule has 176 valence electrons. The number of aliphatic imine (C=N–C) groups is 2. The number of nitrogens with one attached hydrogen (secondary N) is 1. The van der Waals surface area contributed by atoms with Crippen molar-refractivity contribution in [3.05, 3.63) is 112 Å². The average Bonchev–Trinajstić information content (AvgIpc) is 3.20. The molecule has 1 amide bonds. The summed E-state index contributed by atoms with van der Waals surface area (Å²) < 4.78 is 14.1. The van der Waals surface area contributed by atoms with Crippen molar-refractivity contribution in [1.82, 2.24) is 5.32 Å². The molecular weight excluding hydrogens is 457 g/mol. The molecule has 0 fully saturated rings. The monoisotopic (exact) mass is 483 g/mol. The molecule has 0 saturated carbocycles. The molecule has 0 radical (unpaired) electrons. The predicted octanol–water partition coefficient (Wildman–Crippen LogP) is 6.37. The first kappa shape index (κ1) is 23.2. The number of hydrogen-bond donors (Lipinski definition) is 1. The van der Waals surface area contributed by atoms with Crippen molar-refractivity contribution in [2.24, 2.45) is 15.9 Å². The van der Waals surface area contributed by atoms with Crippen LogP contribution in [0.2, 0.25) is 0 Å². The van der Waals surface area contributed by atoms with Crippen LogP contribution in [0.25, 0.3) is 0 Å². The number of thioether (sulfide) groups is 1.